The maximum absolute atomic E-state index is 13.0. The molecular weight excluding hydrogens is 315 g/mol. The first-order valence-electron chi connectivity index (χ1n) is 4.94. The minimum absolute atomic E-state index is 0.126. The Labute approximate surface area is 122 Å². The Morgan fingerprint density at radius 1 is 1.16 bits per heavy atom. The highest BCUT2D eigenvalue weighted by molar-refractivity contribution is 6.42. The topological polar surface area (TPSA) is 50.2 Å². The van der Waals surface area contributed by atoms with Crippen LogP contribution in [0.3, 0.4) is 0 Å². The van der Waals surface area contributed by atoms with Crippen LogP contribution >= 0.6 is 34.8 Å². The van der Waals surface area contributed by atoms with Crippen molar-refractivity contribution in [3.05, 3.63) is 51.0 Å². The first-order chi connectivity index (χ1) is 8.90. The van der Waals surface area contributed by atoms with E-state index in [1.54, 1.807) is 0 Å². The van der Waals surface area contributed by atoms with Crippen molar-refractivity contribution in [1.82, 2.24) is 4.98 Å². The van der Waals surface area contributed by atoms with Gasteiger partial charge in [0, 0.05) is 28.4 Å². The summed E-state index contributed by atoms with van der Waals surface area (Å²) in [7, 11) is 0. The van der Waals surface area contributed by atoms with Crippen LogP contribution in [0.25, 0.3) is 11.1 Å². The summed E-state index contributed by atoms with van der Waals surface area (Å²) >= 11 is 17.8. The lowest BCUT2D eigenvalue weighted by Crippen LogP contribution is -2.02. The normalized spacial score (nSPS) is 10.5. The number of rotatable bonds is 2. The second-order valence-electron chi connectivity index (χ2n) is 3.60. The largest absolute Gasteiger partial charge is 0.478 e. The second kappa shape index (κ2) is 5.33. The maximum Gasteiger partial charge on any atom is 0.336 e. The molecule has 19 heavy (non-hydrogen) atoms. The number of benzene rings is 1. The number of nitrogens with zero attached hydrogens (tertiary/aromatic N) is 1. The molecule has 0 atom stereocenters. The molecule has 1 N–H and O–H groups in total. The number of hydrogen-bond donors (Lipinski definition) is 1. The molecule has 0 spiro atoms. The van der Waals surface area contributed by atoms with Gasteiger partial charge in [0.15, 0.2) is 0 Å². The Balaban J connectivity index is 2.76. The van der Waals surface area contributed by atoms with E-state index < -0.39 is 11.9 Å². The van der Waals surface area contributed by atoms with Gasteiger partial charge in [-0.15, -0.1) is 0 Å². The lowest BCUT2D eigenvalue weighted by Gasteiger charge is -2.10. The summed E-state index contributed by atoms with van der Waals surface area (Å²) in [6, 6.07) is 3.64. The van der Waals surface area contributed by atoms with Gasteiger partial charge in [-0.2, -0.15) is 4.39 Å². The van der Waals surface area contributed by atoms with Gasteiger partial charge in [-0.25, -0.2) is 9.78 Å². The van der Waals surface area contributed by atoms with Crippen LogP contribution in [-0.2, 0) is 0 Å². The number of aromatic carboxylic acids is 1. The van der Waals surface area contributed by atoms with Gasteiger partial charge in [-0.3, -0.25) is 0 Å². The SMILES string of the molecule is O=C(O)c1cc(F)ncc1-c1c(Cl)cc(Cl)cc1Cl. The van der Waals surface area contributed by atoms with Crippen LogP contribution < -0.4 is 0 Å². The highest BCUT2D eigenvalue weighted by atomic mass is 35.5. The zero-order chi connectivity index (χ0) is 14.2. The summed E-state index contributed by atoms with van der Waals surface area (Å²) in [5.74, 6) is -2.21. The first kappa shape index (κ1) is 14.1. The average molecular weight is 321 g/mol. The van der Waals surface area contributed by atoms with Gasteiger partial charge in [0.05, 0.1) is 15.6 Å². The number of pyridine rings is 1. The molecule has 0 unspecified atom stereocenters. The van der Waals surface area contributed by atoms with Gasteiger partial charge >= 0.3 is 5.97 Å². The molecule has 98 valence electrons. The summed E-state index contributed by atoms with van der Waals surface area (Å²) in [4.78, 5) is 14.6. The van der Waals surface area contributed by atoms with E-state index in [1.807, 2.05) is 0 Å². The van der Waals surface area contributed by atoms with Gasteiger partial charge in [0.25, 0.3) is 0 Å². The Morgan fingerprint density at radius 2 is 1.74 bits per heavy atom. The molecule has 0 amide bonds. The minimum atomic E-state index is -1.31. The van der Waals surface area contributed by atoms with Gasteiger partial charge in [-0.05, 0) is 12.1 Å². The van der Waals surface area contributed by atoms with Crippen molar-refractivity contribution >= 4 is 40.8 Å². The number of hydrogen-bond acceptors (Lipinski definition) is 2. The summed E-state index contributed by atoms with van der Waals surface area (Å²) in [6.07, 6.45) is 1.07. The van der Waals surface area contributed by atoms with E-state index in [1.165, 1.54) is 12.1 Å². The zero-order valence-corrected chi connectivity index (χ0v) is 11.4. The summed E-state index contributed by atoms with van der Waals surface area (Å²) in [5, 5.41) is 9.71. The van der Waals surface area contributed by atoms with Crippen molar-refractivity contribution < 1.29 is 14.3 Å². The predicted octanol–water partition coefficient (Wildman–Crippen LogP) is 4.55. The van der Waals surface area contributed by atoms with E-state index in [9.17, 15) is 9.18 Å². The van der Waals surface area contributed by atoms with Gasteiger partial charge in [0.1, 0.15) is 0 Å². The van der Waals surface area contributed by atoms with Crippen LogP contribution in [0.5, 0.6) is 0 Å². The lowest BCUT2D eigenvalue weighted by atomic mass is 10.0. The molecule has 0 aliphatic carbocycles. The predicted molar refractivity (Wildman–Crippen MR) is 71.6 cm³/mol. The molecular formula is C12H5Cl3FNO2. The maximum atomic E-state index is 13.0. The molecule has 7 heteroatoms. The number of aromatic nitrogens is 1. The molecule has 1 heterocycles. The molecule has 0 radical (unpaired) electrons. The zero-order valence-electron chi connectivity index (χ0n) is 9.12. The van der Waals surface area contributed by atoms with Crippen LogP contribution in [-0.4, -0.2) is 16.1 Å². The standard InChI is InChI=1S/C12H5Cl3FNO2/c13-5-1-8(14)11(9(15)2-5)7-4-17-10(16)3-6(7)12(18)19/h1-4H,(H,18,19). The van der Waals surface area contributed by atoms with Crippen LogP contribution in [0.1, 0.15) is 10.4 Å². The fraction of sp³-hybridized carbons (Fsp3) is 0. The number of carboxylic acid groups (broad SMARTS) is 1. The van der Waals surface area contributed by atoms with Crippen LogP contribution in [0.2, 0.25) is 15.1 Å². The molecule has 0 bridgehead atoms. The molecule has 0 fully saturated rings. The Hall–Kier alpha value is -1.36. The molecule has 2 rings (SSSR count). The fourth-order valence-corrected chi connectivity index (χ4v) is 2.63. The van der Waals surface area contributed by atoms with E-state index >= 15 is 0 Å². The summed E-state index contributed by atoms with van der Waals surface area (Å²) in [5.41, 5.74) is 0.0943. The quantitative estimate of drug-likeness (QED) is 0.826. The molecule has 1 aromatic carbocycles. The van der Waals surface area contributed by atoms with E-state index in [0.29, 0.717) is 5.02 Å². The minimum Gasteiger partial charge on any atom is -0.478 e. The van der Waals surface area contributed by atoms with Crippen molar-refractivity contribution in [2.75, 3.05) is 0 Å². The van der Waals surface area contributed by atoms with Crippen molar-refractivity contribution in [2.24, 2.45) is 0 Å². The third kappa shape index (κ3) is 2.81. The average Bonchev–Trinajstić information content (AvgIpc) is 2.29. The molecule has 2 aromatic rings. The smallest absolute Gasteiger partial charge is 0.336 e. The first-order valence-corrected chi connectivity index (χ1v) is 6.07. The van der Waals surface area contributed by atoms with E-state index in [-0.39, 0.29) is 26.7 Å². The third-order valence-electron chi connectivity index (χ3n) is 2.38. The van der Waals surface area contributed by atoms with Crippen molar-refractivity contribution in [1.29, 1.82) is 0 Å². The molecule has 0 saturated heterocycles. The Morgan fingerprint density at radius 3 is 2.26 bits per heavy atom. The van der Waals surface area contributed by atoms with E-state index in [4.69, 9.17) is 39.9 Å². The number of carboxylic acids is 1. The second-order valence-corrected chi connectivity index (χ2v) is 4.85. The third-order valence-corrected chi connectivity index (χ3v) is 3.19. The monoisotopic (exact) mass is 319 g/mol. The van der Waals surface area contributed by atoms with E-state index in [2.05, 4.69) is 4.98 Å². The van der Waals surface area contributed by atoms with Crippen LogP contribution in [0.15, 0.2) is 24.4 Å². The van der Waals surface area contributed by atoms with Crippen LogP contribution in [0.4, 0.5) is 4.39 Å². The highest BCUT2D eigenvalue weighted by Gasteiger charge is 2.19. The van der Waals surface area contributed by atoms with Crippen molar-refractivity contribution in [3.63, 3.8) is 0 Å². The van der Waals surface area contributed by atoms with Crippen molar-refractivity contribution in [2.45, 2.75) is 0 Å². The van der Waals surface area contributed by atoms with E-state index in [0.717, 1.165) is 12.3 Å². The molecule has 1 aromatic heterocycles. The van der Waals surface area contributed by atoms with Gasteiger partial charge in [-0.1, -0.05) is 34.8 Å². The summed E-state index contributed by atoms with van der Waals surface area (Å²) in [6.45, 7) is 0. The van der Waals surface area contributed by atoms with Crippen LogP contribution in [0, 0.1) is 5.95 Å². The molecule has 0 saturated carbocycles. The molecule has 0 aliphatic rings. The Bertz CT molecular complexity index is 653. The van der Waals surface area contributed by atoms with Crippen molar-refractivity contribution in [3.8, 4) is 11.1 Å². The highest BCUT2D eigenvalue weighted by Crippen LogP contribution is 2.38. The van der Waals surface area contributed by atoms with Gasteiger partial charge in [0.2, 0.25) is 5.95 Å². The molecule has 3 nitrogen and oxygen atoms in total. The molecule has 0 aliphatic heterocycles. The Kier molecular flexibility index (Phi) is 3.94. The number of carbonyl (C=O) groups is 1. The fourth-order valence-electron chi connectivity index (χ4n) is 1.61. The van der Waals surface area contributed by atoms with Gasteiger partial charge < -0.3 is 5.11 Å². The summed E-state index contributed by atoms with van der Waals surface area (Å²) < 4.78 is 13.0. The number of halogens is 4. The lowest BCUT2D eigenvalue weighted by molar-refractivity contribution is 0.0697.